The third-order valence-electron chi connectivity index (χ3n) is 3.60. The maximum Gasteiger partial charge on any atom is 0.270 e. The number of nitriles is 1. The van der Waals surface area contributed by atoms with Crippen LogP contribution in [0.3, 0.4) is 0 Å². The fourth-order valence-electron chi connectivity index (χ4n) is 2.37. The number of hydrogen-bond donors (Lipinski definition) is 1. The molecule has 27 heavy (non-hydrogen) atoms. The summed E-state index contributed by atoms with van der Waals surface area (Å²) in [5.74, 6) is 0. The third kappa shape index (κ3) is 4.02. The highest BCUT2D eigenvalue weighted by Crippen LogP contribution is 2.38. The maximum absolute atomic E-state index is 12.2. The second-order valence-electron chi connectivity index (χ2n) is 5.26. The molecular formula is C18H12N4O3S2. The summed E-state index contributed by atoms with van der Waals surface area (Å²) in [5.41, 5.74) is -0.389. The van der Waals surface area contributed by atoms with E-state index in [-0.39, 0.29) is 16.9 Å². The van der Waals surface area contributed by atoms with E-state index in [0.29, 0.717) is 15.6 Å². The van der Waals surface area contributed by atoms with Gasteiger partial charge in [-0.05, 0) is 24.5 Å². The second-order valence-corrected chi connectivity index (χ2v) is 7.17. The van der Waals surface area contributed by atoms with Crippen LogP contribution in [0.2, 0.25) is 0 Å². The minimum Gasteiger partial charge on any atom is -0.300 e. The van der Waals surface area contributed by atoms with Crippen molar-refractivity contribution in [3.05, 3.63) is 74.6 Å². The van der Waals surface area contributed by atoms with E-state index < -0.39 is 10.5 Å². The van der Waals surface area contributed by atoms with Gasteiger partial charge in [0.25, 0.3) is 11.2 Å². The molecule has 0 saturated heterocycles. The van der Waals surface area contributed by atoms with Gasteiger partial charge in [0.2, 0.25) is 0 Å². The lowest BCUT2D eigenvalue weighted by atomic mass is 10.1. The van der Waals surface area contributed by atoms with Gasteiger partial charge in [0, 0.05) is 27.5 Å². The van der Waals surface area contributed by atoms with Crippen LogP contribution in [0.1, 0.15) is 5.56 Å². The predicted molar refractivity (Wildman–Crippen MR) is 104 cm³/mol. The largest absolute Gasteiger partial charge is 0.300 e. The minimum atomic E-state index is -0.575. The van der Waals surface area contributed by atoms with Gasteiger partial charge in [-0.3, -0.25) is 14.9 Å². The van der Waals surface area contributed by atoms with E-state index in [1.54, 1.807) is 12.3 Å². The molecule has 0 amide bonds. The number of nitrogens with zero attached hydrogens (tertiary/aromatic N) is 3. The monoisotopic (exact) mass is 396 g/mol. The zero-order chi connectivity index (χ0) is 19.4. The molecule has 0 aliphatic rings. The average molecular weight is 396 g/mol. The molecule has 0 bridgehead atoms. The molecule has 0 aliphatic carbocycles. The van der Waals surface area contributed by atoms with E-state index in [1.807, 2.05) is 36.4 Å². The summed E-state index contributed by atoms with van der Waals surface area (Å²) in [4.78, 5) is 31.4. The van der Waals surface area contributed by atoms with Gasteiger partial charge in [-0.2, -0.15) is 5.26 Å². The molecule has 0 saturated carbocycles. The Labute approximate surface area is 162 Å². The van der Waals surface area contributed by atoms with Gasteiger partial charge in [0.05, 0.1) is 10.6 Å². The van der Waals surface area contributed by atoms with Crippen molar-refractivity contribution in [3.8, 4) is 17.3 Å². The fraction of sp³-hybridized carbons (Fsp3) is 0.0556. The van der Waals surface area contributed by atoms with Crippen molar-refractivity contribution in [2.75, 3.05) is 6.26 Å². The van der Waals surface area contributed by atoms with Crippen molar-refractivity contribution >= 4 is 29.2 Å². The number of hydrogen-bond acceptors (Lipinski definition) is 7. The number of aromatic nitrogens is 2. The molecule has 3 rings (SSSR count). The predicted octanol–water partition coefficient (Wildman–Crippen LogP) is 4.09. The maximum atomic E-state index is 12.2. The Balaban J connectivity index is 2.26. The van der Waals surface area contributed by atoms with Crippen LogP contribution < -0.4 is 5.56 Å². The summed E-state index contributed by atoms with van der Waals surface area (Å²) < 4.78 is 0. The SMILES string of the molecule is CSc1nc(-c2cc([N+](=O)[O-])ccc2Sc2ccccc2)c(C#N)c(=O)[nH]1. The highest BCUT2D eigenvalue weighted by Gasteiger charge is 2.20. The molecule has 9 heteroatoms. The number of thioether (sulfide) groups is 1. The molecule has 1 aromatic heterocycles. The zero-order valence-corrected chi connectivity index (χ0v) is 15.6. The lowest BCUT2D eigenvalue weighted by Crippen LogP contribution is -2.14. The Morgan fingerprint density at radius 2 is 1.96 bits per heavy atom. The second kappa shape index (κ2) is 8.07. The van der Waals surface area contributed by atoms with E-state index in [0.717, 1.165) is 4.90 Å². The van der Waals surface area contributed by atoms with Crippen LogP contribution in [0, 0.1) is 21.4 Å². The zero-order valence-electron chi connectivity index (χ0n) is 14.0. The average Bonchev–Trinajstić information content (AvgIpc) is 2.68. The molecule has 0 atom stereocenters. The van der Waals surface area contributed by atoms with Gasteiger partial charge < -0.3 is 4.98 Å². The van der Waals surface area contributed by atoms with Crippen molar-refractivity contribution in [1.29, 1.82) is 5.26 Å². The summed E-state index contributed by atoms with van der Waals surface area (Å²) in [6.07, 6.45) is 1.74. The molecular weight excluding hydrogens is 384 g/mol. The molecule has 3 aromatic rings. The van der Waals surface area contributed by atoms with Crippen molar-refractivity contribution < 1.29 is 4.92 Å². The number of nitro groups is 1. The van der Waals surface area contributed by atoms with E-state index in [9.17, 15) is 20.2 Å². The number of aromatic amines is 1. The fourth-order valence-corrected chi connectivity index (χ4v) is 3.70. The van der Waals surface area contributed by atoms with Crippen LogP contribution in [0.5, 0.6) is 0 Å². The number of nitrogens with one attached hydrogen (secondary N) is 1. The van der Waals surface area contributed by atoms with Gasteiger partial charge in [0.1, 0.15) is 11.6 Å². The molecule has 0 unspecified atom stereocenters. The van der Waals surface area contributed by atoms with E-state index in [4.69, 9.17) is 0 Å². The van der Waals surface area contributed by atoms with Gasteiger partial charge in [-0.15, -0.1) is 0 Å². The number of benzene rings is 2. The third-order valence-corrected chi connectivity index (χ3v) is 5.27. The van der Waals surface area contributed by atoms with Gasteiger partial charge in [0.15, 0.2) is 5.16 Å². The van der Waals surface area contributed by atoms with Crippen LogP contribution in [-0.2, 0) is 0 Å². The highest BCUT2D eigenvalue weighted by molar-refractivity contribution is 7.99. The van der Waals surface area contributed by atoms with Crippen molar-refractivity contribution in [2.45, 2.75) is 14.9 Å². The number of nitro benzene ring substituents is 1. The summed E-state index contributed by atoms with van der Waals surface area (Å²) in [7, 11) is 0. The first kappa shape index (κ1) is 18.7. The van der Waals surface area contributed by atoms with E-state index >= 15 is 0 Å². The number of H-pyrrole nitrogens is 1. The Bertz CT molecular complexity index is 1110. The van der Waals surface area contributed by atoms with Crippen LogP contribution in [0.25, 0.3) is 11.3 Å². The van der Waals surface area contributed by atoms with E-state index in [1.165, 1.54) is 35.7 Å². The highest BCUT2D eigenvalue weighted by atomic mass is 32.2. The van der Waals surface area contributed by atoms with Crippen molar-refractivity contribution in [1.82, 2.24) is 9.97 Å². The first-order valence-electron chi connectivity index (χ1n) is 7.63. The molecule has 0 radical (unpaired) electrons. The van der Waals surface area contributed by atoms with Gasteiger partial charge in [-0.1, -0.05) is 41.7 Å². The molecule has 2 aromatic carbocycles. The normalized spacial score (nSPS) is 10.4. The first-order valence-corrected chi connectivity index (χ1v) is 9.67. The van der Waals surface area contributed by atoms with Crippen LogP contribution in [-0.4, -0.2) is 21.1 Å². The lowest BCUT2D eigenvalue weighted by molar-refractivity contribution is -0.384. The van der Waals surface area contributed by atoms with Gasteiger partial charge >= 0.3 is 0 Å². The standard InChI is InChI=1S/C18H12N4O3S2/c1-26-18-20-16(14(10-19)17(23)21-18)13-9-11(22(24)25)7-8-15(13)27-12-5-3-2-4-6-12/h2-9H,1H3,(H,20,21,23). The molecule has 134 valence electrons. The first-order chi connectivity index (χ1) is 13.0. The molecule has 0 fully saturated rings. The summed E-state index contributed by atoms with van der Waals surface area (Å²) >= 11 is 2.59. The number of non-ortho nitro benzene ring substituents is 1. The number of rotatable bonds is 5. The Morgan fingerprint density at radius 1 is 1.22 bits per heavy atom. The lowest BCUT2D eigenvalue weighted by Gasteiger charge is -2.11. The van der Waals surface area contributed by atoms with E-state index in [2.05, 4.69) is 9.97 Å². The Hall–Kier alpha value is -3.09. The quantitative estimate of drug-likeness (QED) is 0.299. The molecule has 1 heterocycles. The summed E-state index contributed by atoms with van der Waals surface area (Å²) in [6.45, 7) is 0. The van der Waals surface area contributed by atoms with Gasteiger partial charge in [-0.25, -0.2) is 4.98 Å². The van der Waals surface area contributed by atoms with Crippen molar-refractivity contribution in [2.24, 2.45) is 0 Å². The van der Waals surface area contributed by atoms with Crippen molar-refractivity contribution in [3.63, 3.8) is 0 Å². The Morgan fingerprint density at radius 3 is 2.59 bits per heavy atom. The van der Waals surface area contributed by atoms with Crippen LogP contribution in [0.4, 0.5) is 5.69 Å². The topological polar surface area (TPSA) is 113 Å². The molecule has 7 nitrogen and oxygen atoms in total. The molecule has 0 aliphatic heterocycles. The van der Waals surface area contributed by atoms with Crippen LogP contribution >= 0.6 is 23.5 Å². The van der Waals surface area contributed by atoms with Crippen LogP contribution in [0.15, 0.2) is 68.3 Å². The molecule has 0 spiro atoms. The minimum absolute atomic E-state index is 0.132. The smallest absolute Gasteiger partial charge is 0.270 e. The summed E-state index contributed by atoms with van der Waals surface area (Å²) in [5, 5.41) is 21.0. The molecule has 1 N–H and O–H groups in total. The summed E-state index contributed by atoms with van der Waals surface area (Å²) in [6, 6.07) is 15.7. The Kier molecular flexibility index (Phi) is 5.59.